The van der Waals surface area contributed by atoms with Gasteiger partial charge < -0.3 is 9.64 Å². The Balaban J connectivity index is 1.06. The van der Waals surface area contributed by atoms with Crippen molar-refractivity contribution >= 4 is 12.0 Å². The molecule has 2 aromatic rings. The average molecular weight is 440 g/mol. The Morgan fingerprint density at radius 1 is 0.848 bits per heavy atom. The van der Waals surface area contributed by atoms with E-state index in [1.807, 2.05) is 0 Å². The summed E-state index contributed by atoms with van der Waals surface area (Å²) in [4.78, 5) is 16.0. The van der Waals surface area contributed by atoms with E-state index < -0.39 is 0 Å². The number of carbonyl (C=O) groups excluding carboxylic acids is 1. The van der Waals surface area contributed by atoms with Crippen LogP contribution in [-0.2, 0) is 4.79 Å². The lowest BCUT2D eigenvalue weighted by Gasteiger charge is -2.57. The molecular weight excluding hydrogens is 406 g/mol. The largest absolute Gasteiger partial charge is 0.482 e. The first-order chi connectivity index (χ1) is 16.1. The topological polar surface area (TPSA) is 29.5 Å². The van der Waals surface area contributed by atoms with Gasteiger partial charge in [-0.2, -0.15) is 0 Å². The zero-order chi connectivity index (χ0) is 22.0. The van der Waals surface area contributed by atoms with E-state index in [1.165, 1.54) is 30.4 Å². The Labute approximate surface area is 196 Å². The van der Waals surface area contributed by atoms with Gasteiger partial charge in [0.1, 0.15) is 11.4 Å². The smallest absolute Gasteiger partial charge is 0.228 e. The van der Waals surface area contributed by atoms with Crippen LogP contribution in [0.1, 0.15) is 56.9 Å². The third-order valence-corrected chi connectivity index (χ3v) is 9.39. The standard InChI is InChI=1S/C30H33NO2/c32-28(29-18-21-14-22(19-29)16-23(15-21)20-29)31-12-10-30(11-13-31)9-8-26-17-25(6-7-27(26)33-30)24-4-2-1-3-5-24/h1-9,17,21-23H,10-16,18-20H2. The van der Waals surface area contributed by atoms with Crippen LogP contribution in [0.2, 0.25) is 0 Å². The molecule has 1 saturated heterocycles. The van der Waals surface area contributed by atoms with Gasteiger partial charge in [-0.1, -0.05) is 42.5 Å². The van der Waals surface area contributed by atoms with Crippen LogP contribution in [0, 0.1) is 23.2 Å². The molecule has 0 N–H and O–H groups in total. The number of benzene rings is 2. The van der Waals surface area contributed by atoms with Gasteiger partial charge in [0.05, 0.1) is 5.41 Å². The molecule has 33 heavy (non-hydrogen) atoms. The maximum absolute atomic E-state index is 13.8. The quantitative estimate of drug-likeness (QED) is 0.547. The highest BCUT2D eigenvalue weighted by Crippen LogP contribution is 2.60. The third-order valence-electron chi connectivity index (χ3n) is 9.39. The van der Waals surface area contributed by atoms with Gasteiger partial charge in [0.15, 0.2) is 0 Å². The molecule has 6 aliphatic rings. The summed E-state index contributed by atoms with van der Waals surface area (Å²) in [6, 6.07) is 17.0. The molecule has 1 spiro atoms. The molecule has 5 fully saturated rings. The Morgan fingerprint density at radius 2 is 1.52 bits per heavy atom. The second-order valence-electron chi connectivity index (χ2n) is 11.6. The number of fused-ring (bicyclic) bond motifs is 1. The number of nitrogens with zero attached hydrogens (tertiary/aromatic N) is 1. The maximum atomic E-state index is 13.8. The Bertz CT molecular complexity index is 1070. The molecule has 4 aliphatic carbocycles. The van der Waals surface area contributed by atoms with E-state index in [0.29, 0.717) is 5.91 Å². The van der Waals surface area contributed by atoms with E-state index in [2.05, 4.69) is 65.6 Å². The Hall–Kier alpha value is -2.55. The van der Waals surface area contributed by atoms with Crippen molar-refractivity contribution in [1.82, 2.24) is 4.90 Å². The average Bonchev–Trinajstić information content (AvgIpc) is 2.84. The summed E-state index contributed by atoms with van der Waals surface area (Å²) in [5.74, 6) is 3.90. The summed E-state index contributed by atoms with van der Waals surface area (Å²) in [5.41, 5.74) is 3.30. The highest BCUT2D eigenvalue weighted by Gasteiger charge is 2.56. The van der Waals surface area contributed by atoms with Crippen molar-refractivity contribution in [3.8, 4) is 16.9 Å². The molecule has 0 radical (unpaired) electrons. The molecule has 2 aromatic carbocycles. The summed E-state index contributed by atoms with van der Waals surface area (Å²) in [5, 5.41) is 0. The third kappa shape index (κ3) is 3.26. The van der Waals surface area contributed by atoms with Crippen molar-refractivity contribution in [1.29, 1.82) is 0 Å². The van der Waals surface area contributed by atoms with Crippen LogP contribution in [-0.4, -0.2) is 29.5 Å². The van der Waals surface area contributed by atoms with Crippen molar-refractivity contribution in [2.24, 2.45) is 23.2 Å². The molecule has 0 atom stereocenters. The van der Waals surface area contributed by atoms with Gasteiger partial charge >= 0.3 is 0 Å². The fourth-order valence-corrected chi connectivity index (χ4v) is 8.14. The van der Waals surface area contributed by atoms with Crippen molar-refractivity contribution in [3.63, 3.8) is 0 Å². The molecule has 3 heteroatoms. The van der Waals surface area contributed by atoms with Crippen molar-refractivity contribution in [2.75, 3.05) is 13.1 Å². The molecule has 4 saturated carbocycles. The van der Waals surface area contributed by atoms with Crippen molar-refractivity contribution < 1.29 is 9.53 Å². The number of rotatable bonds is 2. The first-order valence-corrected chi connectivity index (χ1v) is 13.0. The predicted molar refractivity (Wildman–Crippen MR) is 131 cm³/mol. The first-order valence-electron chi connectivity index (χ1n) is 13.0. The molecule has 2 heterocycles. The fourth-order valence-electron chi connectivity index (χ4n) is 8.14. The van der Waals surface area contributed by atoms with Gasteiger partial charge in [-0.3, -0.25) is 4.79 Å². The number of amides is 1. The summed E-state index contributed by atoms with van der Waals surface area (Å²) in [6.07, 6.45) is 13.9. The van der Waals surface area contributed by atoms with E-state index in [-0.39, 0.29) is 11.0 Å². The van der Waals surface area contributed by atoms with E-state index in [0.717, 1.165) is 74.3 Å². The van der Waals surface area contributed by atoms with Gasteiger partial charge in [0.2, 0.25) is 5.91 Å². The van der Waals surface area contributed by atoms with E-state index in [1.54, 1.807) is 0 Å². The number of hydrogen-bond donors (Lipinski definition) is 0. The summed E-state index contributed by atoms with van der Waals surface area (Å²) in [7, 11) is 0. The molecule has 8 rings (SSSR count). The van der Waals surface area contributed by atoms with Crippen molar-refractivity contribution in [2.45, 2.75) is 57.0 Å². The number of likely N-dealkylation sites (tertiary alicyclic amines) is 1. The molecule has 170 valence electrons. The Kier molecular flexibility index (Phi) is 4.35. The second kappa shape index (κ2) is 7.22. The highest BCUT2D eigenvalue weighted by atomic mass is 16.5. The second-order valence-corrected chi connectivity index (χ2v) is 11.6. The number of piperidine rings is 1. The minimum absolute atomic E-state index is 0.0248. The van der Waals surface area contributed by atoms with Crippen LogP contribution in [0.4, 0.5) is 0 Å². The molecule has 2 aliphatic heterocycles. The zero-order valence-corrected chi connectivity index (χ0v) is 19.3. The number of hydrogen-bond acceptors (Lipinski definition) is 2. The van der Waals surface area contributed by atoms with Crippen molar-refractivity contribution in [3.05, 3.63) is 60.2 Å². The lowest BCUT2D eigenvalue weighted by molar-refractivity contribution is -0.160. The maximum Gasteiger partial charge on any atom is 0.228 e. The van der Waals surface area contributed by atoms with E-state index in [4.69, 9.17) is 4.74 Å². The highest BCUT2D eigenvalue weighted by molar-refractivity contribution is 5.83. The van der Waals surface area contributed by atoms with Crippen LogP contribution in [0.5, 0.6) is 5.75 Å². The van der Waals surface area contributed by atoms with Gasteiger partial charge in [0.25, 0.3) is 0 Å². The molecule has 1 amide bonds. The van der Waals surface area contributed by atoms with Crippen LogP contribution >= 0.6 is 0 Å². The summed E-state index contributed by atoms with van der Waals surface area (Å²) >= 11 is 0. The molecule has 0 unspecified atom stereocenters. The fraction of sp³-hybridized carbons (Fsp3) is 0.500. The Morgan fingerprint density at radius 3 is 2.18 bits per heavy atom. The van der Waals surface area contributed by atoms with E-state index in [9.17, 15) is 4.79 Å². The van der Waals surface area contributed by atoms with E-state index >= 15 is 0 Å². The SMILES string of the molecule is O=C(N1CCC2(C=Cc3cc(-c4ccccc4)ccc3O2)CC1)C12CC3CC(CC(C3)C1)C2. The van der Waals surface area contributed by atoms with Crippen LogP contribution in [0.3, 0.4) is 0 Å². The molecule has 4 bridgehead atoms. The molecular formula is C30H33NO2. The zero-order valence-electron chi connectivity index (χ0n) is 19.3. The minimum atomic E-state index is -0.264. The number of carbonyl (C=O) groups is 1. The minimum Gasteiger partial charge on any atom is -0.482 e. The first kappa shape index (κ1) is 19.9. The lowest BCUT2D eigenvalue weighted by Crippen LogP contribution is -2.57. The van der Waals surface area contributed by atoms with Gasteiger partial charge in [0, 0.05) is 31.5 Å². The van der Waals surface area contributed by atoms with Gasteiger partial charge in [-0.05, 0) is 85.6 Å². The normalized spacial score (nSPS) is 33.1. The monoisotopic (exact) mass is 439 g/mol. The predicted octanol–water partition coefficient (Wildman–Crippen LogP) is 6.34. The lowest BCUT2D eigenvalue weighted by atomic mass is 9.49. The van der Waals surface area contributed by atoms with Gasteiger partial charge in [-0.15, -0.1) is 0 Å². The molecule has 3 nitrogen and oxygen atoms in total. The van der Waals surface area contributed by atoms with Gasteiger partial charge in [-0.25, -0.2) is 0 Å². The molecule has 0 aromatic heterocycles. The van der Waals surface area contributed by atoms with Crippen LogP contribution < -0.4 is 4.74 Å². The van der Waals surface area contributed by atoms with Crippen LogP contribution in [0.25, 0.3) is 17.2 Å². The number of ether oxygens (including phenoxy) is 1. The summed E-state index contributed by atoms with van der Waals surface area (Å²) in [6.45, 7) is 1.64. The van der Waals surface area contributed by atoms with Crippen LogP contribution in [0.15, 0.2) is 54.6 Å². The summed E-state index contributed by atoms with van der Waals surface area (Å²) < 4.78 is 6.60.